The number of anilines is 1. The minimum absolute atomic E-state index is 0.163. The predicted octanol–water partition coefficient (Wildman–Crippen LogP) is 7.07. The van der Waals surface area contributed by atoms with E-state index in [1.807, 2.05) is 0 Å². The van der Waals surface area contributed by atoms with Crippen LogP contribution in [0, 0.1) is 19.8 Å². The molecule has 0 fully saturated rings. The van der Waals surface area contributed by atoms with Crippen molar-refractivity contribution in [3.8, 4) is 11.1 Å². The number of aromatic nitrogens is 2. The van der Waals surface area contributed by atoms with E-state index in [9.17, 15) is 9.59 Å². The summed E-state index contributed by atoms with van der Waals surface area (Å²) in [6.07, 6.45) is 4.38. The Labute approximate surface area is 228 Å². The summed E-state index contributed by atoms with van der Waals surface area (Å²) in [5, 5.41) is 6.92. The van der Waals surface area contributed by atoms with Gasteiger partial charge in [0.1, 0.15) is 21.1 Å². The van der Waals surface area contributed by atoms with Gasteiger partial charge in [-0.25, -0.2) is 14.8 Å². The molecule has 0 aliphatic heterocycles. The average Bonchev–Trinajstić information content (AvgIpc) is 3.46. The summed E-state index contributed by atoms with van der Waals surface area (Å²) in [4.78, 5) is 37.4. The zero-order valence-corrected chi connectivity index (χ0v) is 23.8. The Balaban J connectivity index is 1.39. The molecule has 0 bridgehead atoms. The van der Waals surface area contributed by atoms with Gasteiger partial charge in [-0.2, -0.15) is 0 Å². The molecule has 9 heteroatoms. The van der Waals surface area contributed by atoms with Crippen LogP contribution >= 0.6 is 34.4 Å². The number of nitrogens with one attached hydrogen (secondary N) is 1. The van der Waals surface area contributed by atoms with E-state index in [2.05, 4.69) is 59.6 Å². The van der Waals surface area contributed by atoms with Crippen molar-refractivity contribution in [2.75, 3.05) is 17.7 Å². The quantitative estimate of drug-likeness (QED) is 0.150. The molecule has 1 N–H and O–H groups in total. The van der Waals surface area contributed by atoms with E-state index in [1.54, 1.807) is 24.6 Å². The molecule has 5 rings (SSSR count). The number of hydrogen-bond donors (Lipinski definition) is 1. The monoisotopic (exact) mass is 551 g/mol. The van der Waals surface area contributed by atoms with Crippen molar-refractivity contribution < 1.29 is 14.3 Å². The molecule has 6 nitrogen and oxygen atoms in total. The van der Waals surface area contributed by atoms with Gasteiger partial charge in [-0.05, 0) is 68.2 Å². The number of thiophene rings is 2. The van der Waals surface area contributed by atoms with Gasteiger partial charge in [-0.3, -0.25) is 4.79 Å². The summed E-state index contributed by atoms with van der Waals surface area (Å²) < 4.78 is 5.29. The molecule has 1 atom stereocenters. The van der Waals surface area contributed by atoms with E-state index in [0.29, 0.717) is 23.1 Å². The summed E-state index contributed by atoms with van der Waals surface area (Å²) in [6.45, 7) is 8.53. The van der Waals surface area contributed by atoms with E-state index in [1.165, 1.54) is 39.1 Å². The maximum absolute atomic E-state index is 13.2. The van der Waals surface area contributed by atoms with Gasteiger partial charge in [0, 0.05) is 15.8 Å². The zero-order chi connectivity index (χ0) is 26.1. The molecule has 1 aliphatic rings. The van der Waals surface area contributed by atoms with Crippen molar-refractivity contribution in [1.29, 1.82) is 0 Å². The van der Waals surface area contributed by atoms with E-state index in [-0.39, 0.29) is 17.6 Å². The second-order valence-electron chi connectivity index (χ2n) is 9.42. The number of fused-ring (bicyclic) bond motifs is 2. The van der Waals surface area contributed by atoms with Crippen LogP contribution in [-0.2, 0) is 22.4 Å². The zero-order valence-electron chi connectivity index (χ0n) is 21.3. The van der Waals surface area contributed by atoms with Crippen LogP contribution in [0.25, 0.3) is 21.3 Å². The molecule has 3 heterocycles. The molecule has 1 aliphatic carbocycles. The first-order valence-corrected chi connectivity index (χ1v) is 15.1. The summed E-state index contributed by atoms with van der Waals surface area (Å²) >= 11 is 4.43. The number of nitrogens with zero attached hydrogens (tertiary/aromatic N) is 2. The highest BCUT2D eigenvalue weighted by Gasteiger charge is 2.28. The lowest BCUT2D eigenvalue weighted by Gasteiger charge is -2.19. The van der Waals surface area contributed by atoms with Gasteiger partial charge in [0.15, 0.2) is 0 Å². The van der Waals surface area contributed by atoms with Gasteiger partial charge >= 0.3 is 5.97 Å². The molecule has 1 unspecified atom stereocenters. The maximum Gasteiger partial charge on any atom is 0.350 e. The van der Waals surface area contributed by atoms with Crippen molar-refractivity contribution in [3.05, 3.63) is 56.4 Å². The van der Waals surface area contributed by atoms with Crippen LogP contribution < -0.4 is 5.32 Å². The third kappa shape index (κ3) is 5.30. The number of thioether (sulfide) groups is 1. The van der Waals surface area contributed by atoms with E-state index >= 15 is 0 Å². The predicted molar refractivity (Wildman–Crippen MR) is 153 cm³/mol. The molecule has 0 saturated heterocycles. The Morgan fingerprint density at radius 2 is 2.05 bits per heavy atom. The molecule has 1 amide bonds. The fourth-order valence-electron chi connectivity index (χ4n) is 4.61. The number of benzene rings is 1. The number of carbonyl (C=O) groups is 2. The molecule has 0 spiro atoms. The van der Waals surface area contributed by atoms with Crippen LogP contribution in [0.2, 0.25) is 0 Å². The van der Waals surface area contributed by atoms with Gasteiger partial charge < -0.3 is 10.1 Å². The van der Waals surface area contributed by atoms with Crippen molar-refractivity contribution in [1.82, 2.24) is 9.97 Å². The summed E-state index contributed by atoms with van der Waals surface area (Å²) in [6, 6.07) is 6.43. The lowest BCUT2D eigenvalue weighted by Crippen LogP contribution is -2.18. The lowest BCUT2D eigenvalue weighted by molar-refractivity contribution is -0.113. The molecular formula is C28H29N3O3S3. The Morgan fingerprint density at radius 1 is 1.22 bits per heavy atom. The average molecular weight is 552 g/mol. The molecule has 4 aromatic rings. The fraction of sp³-hybridized carbons (Fsp3) is 0.357. The topological polar surface area (TPSA) is 81.2 Å². The van der Waals surface area contributed by atoms with Crippen molar-refractivity contribution in [3.63, 3.8) is 0 Å². The highest BCUT2D eigenvalue weighted by molar-refractivity contribution is 8.00. The van der Waals surface area contributed by atoms with Crippen molar-refractivity contribution >= 4 is 62.2 Å². The number of hydrogen-bond acceptors (Lipinski definition) is 8. The number of aryl methyl sites for hydroxylation is 2. The van der Waals surface area contributed by atoms with Crippen LogP contribution in [0.4, 0.5) is 5.69 Å². The number of ether oxygens (including phenoxy) is 1. The Hall–Kier alpha value is -2.75. The second-order valence-corrected chi connectivity index (χ2v) is 12.3. The molecule has 0 saturated carbocycles. The first-order chi connectivity index (χ1) is 17.9. The van der Waals surface area contributed by atoms with Gasteiger partial charge in [-0.1, -0.05) is 36.9 Å². The Kier molecular flexibility index (Phi) is 7.65. The van der Waals surface area contributed by atoms with Gasteiger partial charge in [0.25, 0.3) is 0 Å². The molecule has 0 radical (unpaired) electrons. The Bertz CT molecular complexity index is 1490. The molecule has 3 aromatic heterocycles. The smallest absolute Gasteiger partial charge is 0.350 e. The maximum atomic E-state index is 13.2. The highest BCUT2D eigenvalue weighted by Crippen LogP contribution is 2.41. The number of esters is 1. The molecule has 1 aromatic carbocycles. The van der Waals surface area contributed by atoms with E-state index < -0.39 is 0 Å². The van der Waals surface area contributed by atoms with Gasteiger partial charge in [0.05, 0.1) is 23.4 Å². The van der Waals surface area contributed by atoms with Crippen molar-refractivity contribution in [2.45, 2.75) is 52.0 Å². The number of rotatable bonds is 7. The normalized spacial score (nSPS) is 15.0. The second kappa shape index (κ2) is 10.9. The Morgan fingerprint density at radius 3 is 2.84 bits per heavy atom. The highest BCUT2D eigenvalue weighted by atomic mass is 32.2. The van der Waals surface area contributed by atoms with Crippen LogP contribution in [-0.4, -0.2) is 34.2 Å². The minimum atomic E-state index is -0.369. The largest absolute Gasteiger partial charge is 0.462 e. The summed E-state index contributed by atoms with van der Waals surface area (Å²) in [5.74, 6) is 0.214. The standard InChI is InChI=1S/C28H29N3O3S3/c1-5-34-28(33)25-24(19-9-6-15(2)10-21(19)37-25)31-22(32)13-36-27-23-20(12-35-26(23)29-14-30-27)18-8-7-16(3)17(4)11-18/h7-8,11-12,14-15H,5-6,9-10,13H2,1-4H3,(H,31,32). The van der Waals surface area contributed by atoms with Crippen LogP contribution in [0.5, 0.6) is 0 Å². The fourth-order valence-corrected chi connectivity index (χ4v) is 7.76. The third-order valence-electron chi connectivity index (χ3n) is 6.73. The van der Waals surface area contributed by atoms with Crippen LogP contribution in [0.3, 0.4) is 0 Å². The van der Waals surface area contributed by atoms with Crippen LogP contribution in [0.15, 0.2) is 34.9 Å². The SMILES string of the molecule is CCOC(=O)c1sc2c(c1NC(=O)CSc1ncnc3scc(-c4ccc(C)c(C)c4)c13)CCC(C)C2. The van der Waals surface area contributed by atoms with E-state index in [0.717, 1.165) is 51.2 Å². The molecule has 37 heavy (non-hydrogen) atoms. The minimum Gasteiger partial charge on any atom is -0.462 e. The van der Waals surface area contributed by atoms with Crippen molar-refractivity contribution in [2.24, 2.45) is 5.92 Å². The number of amides is 1. The lowest BCUT2D eigenvalue weighted by atomic mass is 9.89. The van der Waals surface area contributed by atoms with Gasteiger partial charge in [-0.15, -0.1) is 22.7 Å². The van der Waals surface area contributed by atoms with Gasteiger partial charge in [0.2, 0.25) is 5.91 Å². The number of carbonyl (C=O) groups excluding carboxylic acids is 2. The van der Waals surface area contributed by atoms with E-state index in [4.69, 9.17) is 4.74 Å². The summed E-state index contributed by atoms with van der Waals surface area (Å²) in [5.41, 5.74) is 6.40. The summed E-state index contributed by atoms with van der Waals surface area (Å²) in [7, 11) is 0. The molecular weight excluding hydrogens is 523 g/mol. The first kappa shape index (κ1) is 25.9. The molecule has 192 valence electrons. The third-order valence-corrected chi connectivity index (χ3v) is 9.84. The first-order valence-electron chi connectivity index (χ1n) is 12.4. The van der Waals surface area contributed by atoms with Crippen LogP contribution in [0.1, 0.15) is 51.5 Å².